The Hall–Kier alpha value is -3.10. The molecule has 1 aliphatic rings. The first-order valence-corrected chi connectivity index (χ1v) is 11.8. The normalized spacial score (nSPS) is 18.9. The maximum atomic E-state index is 11.1. The lowest BCUT2D eigenvalue weighted by Crippen LogP contribution is -2.37. The first-order chi connectivity index (χ1) is 16.5. The van der Waals surface area contributed by atoms with E-state index in [-0.39, 0.29) is 0 Å². The zero-order valence-corrected chi connectivity index (χ0v) is 20.0. The number of aryl methyl sites for hydroxylation is 1. The van der Waals surface area contributed by atoms with E-state index in [1.54, 1.807) is 19.8 Å². The van der Waals surface area contributed by atoms with E-state index in [2.05, 4.69) is 21.2 Å². The van der Waals surface area contributed by atoms with E-state index in [0.29, 0.717) is 26.2 Å². The van der Waals surface area contributed by atoms with Crippen LogP contribution in [0.3, 0.4) is 0 Å². The second-order valence-electron chi connectivity index (χ2n) is 8.99. The summed E-state index contributed by atoms with van der Waals surface area (Å²) >= 11 is 0. The lowest BCUT2D eigenvalue weighted by molar-refractivity contribution is -0.0168. The SMILES string of the molecule is COc1cc(CN2CCC[C@](O)(COc3ccc(C)cc3)CC2)ccc1OCCn1cnnc1. The van der Waals surface area contributed by atoms with E-state index < -0.39 is 5.60 Å². The minimum atomic E-state index is -0.806. The summed E-state index contributed by atoms with van der Waals surface area (Å²) in [4.78, 5) is 2.38. The van der Waals surface area contributed by atoms with Gasteiger partial charge in [0.25, 0.3) is 0 Å². The first kappa shape index (κ1) is 24.0. The van der Waals surface area contributed by atoms with Crippen molar-refractivity contribution in [3.8, 4) is 17.2 Å². The number of methoxy groups -OCH3 is 1. The van der Waals surface area contributed by atoms with Gasteiger partial charge >= 0.3 is 0 Å². The zero-order valence-electron chi connectivity index (χ0n) is 20.0. The summed E-state index contributed by atoms with van der Waals surface area (Å²) in [5.74, 6) is 2.24. The van der Waals surface area contributed by atoms with Gasteiger partial charge in [-0.05, 0) is 62.6 Å². The molecule has 1 saturated heterocycles. The van der Waals surface area contributed by atoms with Gasteiger partial charge in [-0.25, -0.2) is 0 Å². The number of nitrogens with zero attached hydrogens (tertiary/aromatic N) is 4. The van der Waals surface area contributed by atoms with E-state index in [1.165, 1.54) is 5.56 Å². The number of rotatable bonds is 10. The molecule has 0 aliphatic carbocycles. The van der Waals surface area contributed by atoms with Gasteiger partial charge in [-0.3, -0.25) is 4.90 Å². The van der Waals surface area contributed by atoms with Gasteiger partial charge in [0, 0.05) is 13.1 Å². The molecule has 0 amide bonds. The van der Waals surface area contributed by atoms with Crippen LogP contribution in [0.4, 0.5) is 0 Å². The number of ether oxygens (including phenoxy) is 3. The molecule has 8 heteroatoms. The molecule has 0 bridgehead atoms. The van der Waals surface area contributed by atoms with Crippen molar-refractivity contribution in [1.29, 1.82) is 0 Å². The molecule has 1 aromatic heterocycles. The minimum absolute atomic E-state index is 0.318. The first-order valence-electron chi connectivity index (χ1n) is 11.8. The van der Waals surface area contributed by atoms with Gasteiger partial charge in [-0.15, -0.1) is 10.2 Å². The van der Waals surface area contributed by atoms with Crippen LogP contribution in [0.25, 0.3) is 0 Å². The third-order valence-electron chi connectivity index (χ3n) is 6.25. The van der Waals surface area contributed by atoms with Crippen molar-refractivity contribution in [2.75, 3.05) is 33.4 Å². The number of likely N-dealkylation sites (tertiary alicyclic amines) is 1. The Morgan fingerprint density at radius 3 is 2.53 bits per heavy atom. The molecule has 182 valence electrons. The second-order valence-corrected chi connectivity index (χ2v) is 8.99. The zero-order chi connectivity index (χ0) is 23.8. The van der Waals surface area contributed by atoms with Crippen LogP contribution < -0.4 is 14.2 Å². The van der Waals surface area contributed by atoms with Crippen LogP contribution >= 0.6 is 0 Å². The molecule has 2 heterocycles. The molecule has 1 aliphatic heterocycles. The van der Waals surface area contributed by atoms with Crippen molar-refractivity contribution in [3.05, 3.63) is 66.2 Å². The third kappa shape index (κ3) is 6.71. The monoisotopic (exact) mass is 466 g/mol. The van der Waals surface area contributed by atoms with E-state index in [1.807, 2.05) is 47.9 Å². The predicted octanol–water partition coefficient (Wildman–Crippen LogP) is 3.47. The van der Waals surface area contributed by atoms with Crippen LogP contribution in [0.5, 0.6) is 17.2 Å². The fourth-order valence-electron chi connectivity index (χ4n) is 4.18. The lowest BCUT2D eigenvalue weighted by Gasteiger charge is -2.27. The number of benzene rings is 2. The van der Waals surface area contributed by atoms with Crippen molar-refractivity contribution in [2.45, 2.75) is 44.9 Å². The van der Waals surface area contributed by atoms with Crippen molar-refractivity contribution in [2.24, 2.45) is 0 Å². The Labute approximate surface area is 201 Å². The fraction of sp³-hybridized carbons (Fsp3) is 0.462. The Bertz CT molecular complexity index is 1030. The molecule has 0 radical (unpaired) electrons. The van der Waals surface area contributed by atoms with Gasteiger partial charge < -0.3 is 23.9 Å². The standard InChI is InChI=1S/C26H34N4O4/c1-21-4-7-23(8-5-21)34-18-26(31)10-3-12-29(13-11-26)17-22-6-9-24(25(16-22)32-2)33-15-14-30-19-27-28-20-30/h4-9,16,19-20,31H,3,10-15,17-18H2,1-2H3/t26-/m1/s1. The topological polar surface area (TPSA) is 81.9 Å². The second kappa shape index (κ2) is 11.4. The molecule has 0 unspecified atom stereocenters. The smallest absolute Gasteiger partial charge is 0.161 e. The van der Waals surface area contributed by atoms with E-state index >= 15 is 0 Å². The molecule has 1 atom stereocenters. The highest BCUT2D eigenvalue weighted by molar-refractivity contribution is 5.43. The molecular weight excluding hydrogens is 432 g/mol. The number of hydrogen-bond donors (Lipinski definition) is 1. The van der Waals surface area contributed by atoms with E-state index in [4.69, 9.17) is 14.2 Å². The summed E-state index contributed by atoms with van der Waals surface area (Å²) in [6.45, 7) is 6.09. The maximum absolute atomic E-state index is 11.1. The maximum Gasteiger partial charge on any atom is 0.161 e. The van der Waals surface area contributed by atoms with Gasteiger partial charge in [-0.1, -0.05) is 23.8 Å². The summed E-state index contributed by atoms with van der Waals surface area (Å²) in [5, 5.41) is 18.7. The van der Waals surface area contributed by atoms with Crippen molar-refractivity contribution in [1.82, 2.24) is 19.7 Å². The lowest BCUT2D eigenvalue weighted by atomic mass is 9.96. The van der Waals surface area contributed by atoms with Gasteiger partial charge in [0.05, 0.1) is 19.3 Å². The van der Waals surface area contributed by atoms with Crippen molar-refractivity contribution in [3.63, 3.8) is 0 Å². The van der Waals surface area contributed by atoms with E-state index in [0.717, 1.165) is 55.3 Å². The minimum Gasteiger partial charge on any atom is -0.493 e. The van der Waals surface area contributed by atoms with Crippen LogP contribution in [-0.4, -0.2) is 63.8 Å². The molecule has 1 fully saturated rings. The number of aromatic nitrogens is 3. The molecule has 3 aromatic rings. The summed E-state index contributed by atoms with van der Waals surface area (Å²) in [6.07, 6.45) is 5.68. The van der Waals surface area contributed by atoms with Gasteiger partial charge in [0.1, 0.15) is 31.6 Å². The highest BCUT2D eigenvalue weighted by Crippen LogP contribution is 2.30. The quantitative estimate of drug-likeness (QED) is 0.490. The molecular formula is C26H34N4O4. The van der Waals surface area contributed by atoms with Gasteiger partial charge in [0.15, 0.2) is 11.5 Å². The highest BCUT2D eigenvalue weighted by atomic mass is 16.5. The van der Waals surface area contributed by atoms with E-state index in [9.17, 15) is 5.11 Å². The van der Waals surface area contributed by atoms with Gasteiger partial charge in [0.2, 0.25) is 0 Å². The molecule has 1 N–H and O–H groups in total. The van der Waals surface area contributed by atoms with Crippen LogP contribution in [0.15, 0.2) is 55.1 Å². The highest BCUT2D eigenvalue weighted by Gasteiger charge is 2.31. The summed E-state index contributed by atoms with van der Waals surface area (Å²) in [7, 11) is 1.66. The Morgan fingerprint density at radius 1 is 0.971 bits per heavy atom. The summed E-state index contributed by atoms with van der Waals surface area (Å²) < 4.78 is 19.2. The van der Waals surface area contributed by atoms with Crippen LogP contribution in [-0.2, 0) is 13.1 Å². The Kier molecular flexibility index (Phi) is 8.03. The van der Waals surface area contributed by atoms with Crippen LogP contribution in [0, 0.1) is 6.92 Å². The molecule has 0 spiro atoms. The average Bonchev–Trinajstić information content (AvgIpc) is 3.29. The number of hydrogen-bond acceptors (Lipinski definition) is 7. The van der Waals surface area contributed by atoms with Crippen molar-refractivity contribution >= 4 is 0 Å². The fourth-order valence-corrected chi connectivity index (χ4v) is 4.18. The Morgan fingerprint density at radius 2 is 1.76 bits per heavy atom. The molecule has 8 nitrogen and oxygen atoms in total. The van der Waals surface area contributed by atoms with Crippen molar-refractivity contribution < 1.29 is 19.3 Å². The number of aliphatic hydroxyl groups is 1. The average molecular weight is 467 g/mol. The predicted molar refractivity (Wildman–Crippen MR) is 129 cm³/mol. The molecule has 4 rings (SSSR count). The molecule has 34 heavy (non-hydrogen) atoms. The van der Waals surface area contributed by atoms with Crippen LogP contribution in [0.2, 0.25) is 0 Å². The molecule has 2 aromatic carbocycles. The summed E-state index contributed by atoms with van der Waals surface area (Å²) in [5.41, 5.74) is 1.54. The van der Waals surface area contributed by atoms with Crippen LogP contribution in [0.1, 0.15) is 30.4 Å². The Balaban J connectivity index is 1.28. The summed E-state index contributed by atoms with van der Waals surface area (Å²) in [6, 6.07) is 14.0. The largest absolute Gasteiger partial charge is 0.493 e. The third-order valence-corrected chi connectivity index (χ3v) is 6.25. The molecule has 0 saturated carbocycles. The van der Waals surface area contributed by atoms with Gasteiger partial charge in [-0.2, -0.15) is 0 Å².